The van der Waals surface area contributed by atoms with Gasteiger partial charge in [0.1, 0.15) is 0 Å². The average Bonchev–Trinajstić information content (AvgIpc) is 2.38. The van der Waals surface area contributed by atoms with Crippen molar-refractivity contribution in [3.63, 3.8) is 0 Å². The third kappa shape index (κ3) is 4.19. The van der Waals surface area contributed by atoms with Gasteiger partial charge in [-0.15, -0.1) is 6.42 Å². The number of hydrogen-bond donors (Lipinski definition) is 1. The molecular weight excluding hydrogens is 269 g/mol. The smallest absolute Gasteiger partial charge is 0.313 e. The van der Waals surface area contributed by atoms with Crippen molar-refractivity contribution in [2.24, 2.45) is 0 Å². The Balaban J connectivity index is 2.93. The van der Waals surface area contributed by atoms with E-state index in [1.54, 1.807) is 0 Å². The lowest BCUT2D eigenvalue weighted by atomic mass is 10.1. The molecule has 0 saturated carbocycles. The van der Waals surface area contributed by atoms with Crippen LogP contribution in [0, 0.1) is 12.3 Å². The Morgan fingerprint density at radius 3 is 2.60 bits per heavy atom. The molecule has 0 aliphatic rings. The predicted octanol–water partition coefficient (Wildman–Crippen LogP) is 3.58. The number of nitrogens with one attached hydrogen (secondary N) is 1. The number of rotatable bonds is 4. The Labute approximate surface area is 115 Å². The maximum absolute atomic E-state index is 12.8. The van der Waals surface area contributed by atoms with E-state index in [4.69, 9.17) is 6.42 Å². The molecule has 0 spiro atoms. The highest BCUT2D eigenvalue weighted by atomic mass is 19.4. The minimum absolute atomic E-state index is 0.0495. The summed E-state index contributed by atoms with van der Waals surface area (Å²) in [6.07, 6.45) is 1.28. The summed E-state index contributed by atoms with van der Waals surface area (Å²) in [4.78, 5) is 13.2. The van der Waals surface area contributed by atoms with Gasteiger partial charge >= 0.3 is 12.2 Å². The van der Waals surface area contributed by atoms with Gasteiger partial charge in [0.2, 0.25) is 0 Å². The maximum Gasteiger partial charge on any atom is 0.418 e. The predicted molar refractivity (Wildman–Crippen MR) is 71.2 cm³/mol. The van der Waals surface area contributed by atoms with Crippen LogP contribution in [-0.2, 0) is 6.18 Å². The van der Waals surface area contributed by atoms with Gasteiger partial charge in [-0.3, -0.25) is 0 Å². The lowest BCUT2D eigenvalue weighted by molar-refractivity contribution is -0.136. The molecule has 0 heterocycles. The number of alkyl halides is 3. The van der Waals surface area contributed by atoms with Crippen molar-refractivity contribution < 1.29 is 18.0 Å². The number of amides is 2. The van der Waals surface area contributed by atoms with Gasteiger partial charge in [-0.25, -0.2) is 4.79 Å². The summed E-state index contributed by atoms with van der Waals surface area (Å²) in [5.74, 6) is 2.31. The number of carbonyl (C=O) groups excluding carboxylic acids is 1. The van der Waals surface area contributed by atoms with Gasteiger partial charge in [0, 0.05) is 6.54 Å². The molecule has 3 nitrogen and oxygen atoms in total. The number of benzene rings is 1. The topological polar surface area (TPSA) is 32.3 Å². The molecule has 0 aromatic heterocycles. The van der Waals surface area contributed by atoms with Crippen molar-refractivity contribution in [1.82, 2.24) is 4.90 Å². The Morgan fingerprint density at radius 2 is 2.05 bits per heavy atom. The van der Waals surface area contributed by atoms with Crippen LogP contribution < -0.4 is 5.32 Å². The monoisotopic (exact) mass is 284 g/mol. The van der Waals surface area contributed by atoms with E-state index in [0.717, 1.165) is 6.07 Å². The molecular formula is C14H15F3N2O. The van der Waals surface area contributed by atoms with Gasteiger partial charge in [0.05, 0.1) is 17.8 Å². The minimum Gasteiger partial charge on any atom is -0.313 e. The average molecular weight is 284 g/mol. The molecule has 0 aliphatic heterocycles. The highest BCUT2D eigenvalue weighted by molar-refractivity contribution is 5.90. The van der Waals surface area contributed by atoms with Gasteiger partial charge in [0.15, 0.2) is 0 Å². The highest BCUT2D eigenvalue weighted by Crippen LogP contribution is 2.34. The van der Waals surface area contributed by atoms with Crippen molar-refractivity contribution in [3.8, 4) is 12.3 Å². The molecule has 0 unspecified atom stereocenters. The van der Waals surface area contributed by atoms with Gasteiger partial charge in [0.25, 0.3) is 0 Å². The number of urea groups is 1. The van der Waals surface area contributed by atoms with E-state index in [0.29, 0.717) is 13.0 Å². The van der Waals surface area contributed by atoms with Crippen LogP contribution >= 0.6 is 0 Å². The van der Waals surface area contributed by atoms with E-state index in [-0.39, 0.29) is 12.2 Å². The maximum atomic E-state index is 12.8. The lowest BCUT2D eigenvalue weighted by Gasteiger charge is -2.21. The molecule has 1 rings (SSSR count). The van der Waals surface area contributed by atoms with Crippen LogP contribution in [0.15, 0.2) is 24.3 Å². The first-order chi connectivity index (χ1) is 9.40. The first-order valence-corrected chi connectivity index (χ1v) is 6.05. The van der Waals surface area contributed by atoms with Gasteiger partial charge in [-0.1, -0.05) is 25.0 Å². The van der Waals surface area contributed by atoms with E-state index in [1.165, 1.54) is 23.1 Å². The van der Waals surface area contributed by atoms with Crippen LogP contribution in [0.1, 0.15) is 18.9 Å². The molecule has 6 heteroatoms. The zero-order valence-corrected chi connectivity index (χ0v) is 11.0. The molecule has 0 saturated heterocycles. The molecule has 1 aromatic rings. The van der Waals surface area contributed by atoms with Crippen molar-refractivity contribution in [2.75, 3.05) is 18.4 Å². The summed E-state index contributed by atoms with van der Waals surface area (Å²) in [6.45, 7) is 2.28. The van der Waals surface area contributed by atoms with Crippen molar-refractivity contribution >= 4 is 11.7 Å². The van der Waals surface area contributed by atoms with Gasteiger partial charge in [-0.2, -0.15) is 13.2 Å². The highest BCUT2D eigenvalue weighted by Gasteiger charge is 2.33. The summed E-state index contributed by atoms with van der Waals surface area (Å²) >= 11 is 0. The van der Waals surface area contributed by atoms with Crippen molar-refractivity contribution in [1.29, 1.82) is 0 Å². The summed E-state index contributed by atoms with van der Waals surface area (Å²) < 4.78 is 38.4. The van der Waals surface area contributed by atoms with Crippen molar-refractivity contribution in [2.45, 2.75) is 19.5 Å². The van der Waals surface area contributed by atoms with Crippen LogP contribution in [-0.4, -0.2) is 24.0 Å². The molecule has 20 heavy (non-hydrogen) atoms. The largest absolute Gasteiger partial charge is 0.418 e. The third-order valence-electron chi connectivity index (χ3n) is 2.54. The molecule has 0 fully saturated rings. The fourth-order valence-corrected chi connectivity index (χ4v) is 1.67. The Morgan fingerprint density at radius 1 is 1.40 bits per heavy atom. The number of nitrogens with zero attached hydrogens (tertiary/aromatic N) is 1. The number of hydrogen-bond acceptors (Lipinski definition) is 1. The van der Waals surface area contributed by atoms with Crippen LogP contribution in [0.25, 0.3) is 0 Å². The Kier molecular flexibility index (Phi) is 5.44. The van der Waals surface area contributed by atoms with Gasteiger partial charge in [-0.05, 0) is 18.6 Å². The normalized spacial score (nSPS) is 10.8. The molecule has 0 aliphatic carbocycles. The van der Waals surface area contributed by atoms with E-state index in [2.05, 4.69) is 11.2 Å². The van der Waals surface area contributed by atoms with Crippen molar-refractivity contribution in [3.05, 3.63) is 29.8 Å². The number of anilines is 1. The fourth-order valence-electron chi connectivity index (χ4n) is 1.67. The molecule has 0 atom stereocenters. The lowest BCUT2D eigenvalue weighted by Crippen LogP contribution is -2.36. The van der Waals surface area contributed by atoms with E-state index < -0.39 is 17.8 Å². The van der Waals surface area contributed by atoms with Gasteiger partial charge < -0.3 is 10.2 Å². The summed E-state index contributed by atoms with van der Waals surface area (Å²) in [7, 11) is 0. The fraction of sp³-hybridized carbons (Fsp3) is 0.357. The second-order valence-corrected chi connectivity index (χ2v) is 4.10. The SMILES string of the molecule is C#CCN(CCC)C(=O)Nc1ccccc1C(F)(F)F. The molecule has 108 valence electrons. The summed E-state index contributed by atoms with van der Waals surface area (Å²) in [6, 6.07) is 4.18. The minimum atomic E-state index is -4.52. The first-order valence-electron chi connectivity index (χ1n) is 6.05. The van der Waals surface area contributed by atoms with E-state index in [9.17, 15) is 18.0 Å². The quantitative estimate of drug-likeness (QED) is 0.842. The molecule has 2 amide bonds. The second kappa shape index (κ2) is 6.85. The second-order valence-electron chi connectivity index (χ2n) is 4.10. The van der Waals surface area contributed by atoms with E-state index >= 15 is 0 Å². The standard InChI is InChI=1S/C14H15F3N2O/c1-3-9-19(10-4-2)13(20)18-12-8-6-5-7-11(12)14(15,16)17/h1,5-8H,4,9-10H2,2H3,(H,18,20). The van der Waals surface area contributed by atoms with Crippen LogP contribution in [0.3, 0.4) is 0 Å². The molecule has 0 bridgehead atoms. The first kappa shape index (κ1) is 15.9. The molecule has 1 N–H and O–H groups in total. The summed E-state index contributed by atoms with van der Waals surface area (Å²) in [5, 5.41) is 2.26. The zero-order valence-electron chi connectivity index (χ0n) is 11.0. The number of carbonyl (C=O) groups is 1. The number of halogens is 3. The zero-order chi connectivity index (χ0) is 15.2. The van der Waals surface area contributed by atoms with Crippen LogP contribution in [0.4, 0.5) is 23.7 Å². The molecule has 0 radical (unpaired) electrons. The Bertz CT molecular complexity index is 506. The Hall–Kier alpha value is -2.16. The summed E-state index contributed by atoms with van der Waals surface area (Å²) in [5.41, 5.74) is -1.16. The van der Waals surface area contributed by atoms with Crippen LogP contribution in [0.2, 0.25) is 0 Å². The molecule has 1 aromatic carbocycles. The number of para-hydroxylation sites is 1. The number of terminal acetylenes is 1. The van der Waals surface area contributed by atoms with E-state index in [1.807, 2.05) is 6.92 Å². The third-order valence-corrected chi connectivity index (χ3v) is 2.54. The van der Waals surface area contributed by atoms with Crippen LogP contribution in [0.5, 0.6) is 0 Å².